The molecular formula is C23H18N4O2. The monoisotopic (exact) mass is 382 g/mol. The number of aromatic nitrogens is 2. The van der Waals surface area contributed by atoms with E-state index in [4.69, 9.17) is 0 Å². The normalized spacial score (nSPS) is 11.1. The maximum atomic E-state index is 12.9. The Hall–Kier alpha value is -4.06. The van der Waals surface area contributed by atoms with E-state index in [2.05, 4.69) is 15.6 Å². The van der Waals surface area contributed by atoms with E-state index >= 15 is 0 Å². The summed E-state index contributed by atoms with van der Waals surface area (Å²) in [6, 6.07) is 23.7. The predicted octanol–water partition coefficient (Wildman–Crippen LogP) is 3.46. The molecule has 1 aromatic heterocycles. The van der Waals surface area contributed by atoms with Crippen LogP contribution in [0.1, 0.15) is 21.6 Å². The Morgan fingerprint density at radius 3 is 2.31 bits per heavy atom. The lowest BCUT2D eigenvalue weighted by Gasteiger charge is -2.10. The Bertz CT molecular complexity index is 1260. The summed E-state index contributed by atoms with van der Waals surface area (Å²) in [6.07, 6.45) is 1.56. The van der Waals surface area contributed by atoms with Gasteiger partial charge in [0.1, 0.15) is 0 Å². The van der Waals surface area contributed by atoms with Crippen LogP contribution >= 0.6 is 0 Å². The van der Waals surface area contributed by atoms with E-state index in [0.717, 1.165) is 11.1 Å². The summed E-state index contributed by atoms with van der Waals surface area (Å²) in [7, 11) is 0. The van der Waals surface area contributed by atoms with Crippen LogP contribution in [0, 0.1) is 6.92 Å². The van der Waals surface area contributed by atoms with Crippen molar-refractivity contribution < 1.29 is 4.79 Å². The summed E-state index contributed by atoms with van der Waals surface area (Å²) in [4.78, 5) is 25.7. The maximum Gasteiger partial charge on any atom is 0.292 e. The molecule has 0 saturated carbocycles. The molecule has 0 aliphatic carbocycles. The van der Waals surface area contributed by atoms with Crippen molar-refractivity contribution in [2.75, 3.05) is 0 Å². The van der Waals surface area contributed by atoms with Gasteiger partial charge in [-0.25, -0.2) is 5.43 Å². The SMILES string of the molecule is Cc1ccc(/C=N\NC(=O)c2nn(-c3ccccc3)c(=O)c3ccccc23)cc1. The molecule has 0 unspecified atom stereocenters. The van der Waals surface area contributed by atoms with E-state index in [1.54, 1.807) is 42.6 Å². The minimum absolute atomic E-state index is 0.130. The van der Waals surface area contributed by atoms with Gasteiger partial charge in [0.05, 0.1) is 17.3 Å². The number of nitrogens with zero attached hydrogens (tertiary/aromatic N) is 3. The molecule has 0 aliphatic heterocycles. The van der Waals surface area contributed by atoms with E-state index in [1.165, 1.54) is 4.68 Å². The molecule has 0 atom stereocenters. The van der Waals surface area contributed by atoms with Crippen molar-refractivity contribution in [1.29, 1.82) is 0 Å². The molecule has 0 aliphatic rings. The van der Waals surface area contributed by atoms with Crippen LogP contribution in [0.3, 0.4) is 0 Å². The second-order valence-corrected chi connectivity index (χ2v) is 6.56. The van der Waals surface area contributed by atoms with Crippen LogP contribution in [-0.2, 0) is 0 Å². The van der Waals surface area contributed by atoms with Crippen LogP contribution in [-0.4, -0.2) is 21.9 Å². The molecular weight excluding hydrogens is 364 g/mol. The standard InChI is InChI=1S/C23H18N4O2/c1-16-11-13-17(14-12-16)15-24-25-22(28)21-19-9-5-6-10-20(19)23(29)27(26-21)18-7-3-2-4-8-18/h2-15H,1H3,(H,25,28)/b24-15-. The van der Waals surface area contributed by atoms with Crippen molar-refractivity contribution in [2.45, 2.75) is 6.92 Å². The highest BCUT2D eigenvalue weighted by Gasteiger charge is 2.17. The zero-order valence-corrected chi connectivity index (χ0v) is 15.7. The van der Waals surface area contributed by atoms with Crippen LogP contribution in [0.15, 0.2) is 88.8 Å². The van der Waals surface area contributed by atoms with E-state index in [9.17, 15) is 9.59 Å². The van der Waals surface area contributed by atoms with E-state index in [-0.39, 0.29) is 11.3 Å². The van der Waals surface area contributed by atoms with Crippen molar-refractivity contribution in [2.24, 2.45) is 5.10 Å². The molecule has 1 amide bonds. The van der Waals surface area contributed by atoms with Crippen LogP contribution < -0.4 is 11.0 Å². The number of amides is 1. The van der Waals surface area contributed by atoms with Crippen molar-refractivity contribution in [1.82, 2.24) is 15.2 Å². The summed E-state index contributed by atoms with van der Waals surface area (Å²) in [5.41, 5.74) is 4.94. The molecule has 6 nitrogen and oxygen atoms in total. The molecule has 0 radical (unpaired) electrons. The molecule has 0 fully saturated rings. The lowest BCUT2D eigenvalue weighted by molar-refractivity contribution is 0.0950. The minimum atomic E-state index is -0.491. The average Bonchev–Trinajstić information content (AvgIpc) is 2.76. The predicted molar refractivity (Wildman–Crippen MR) is 114 cm³/mol. The molecule has 29 heavy (non-hydrogen) atoms. The number of hydrogen-bond donors (Lipinski definition) is 1. The average molecular weight is 382 g/mol. The molecule has 3 aromatic carbocycles. The quantitative estimate of drug-likeness (QED) is 0.434. The molecule has 1 N–H and O–H groups in total. The van der Waals surface area contributed by atoms with Gasteiger partial charge in [-0.2, -0.15) is 14.9 Å². The van der Waals surface area contributed by atoms with Gasteiger partial charge in [0.2, 0.25) is 0 Å². The number of carbonyl (C=O) groups is 1. The first-order chi connectivity index (χ1) is 14.1. The zero-order valence-electron chi connectivity index (χ0n) is 15.7. The first-order valence-corrected chi connectivity index (χ1v) is 9.11. The number of hydrogen-bond acceptors (Lipinski definition) is 4. The number of aryl methyl sites for hydroxylation is 1. The number of rotatable bonds is 4. The maximum absolute atomic E-state index is 12.9. The Morgan fingerprint density at radius 1 is 0.931 bits per heavy atom. The highest BCUT2D eigenvalue weighted by molar-refractivity contribution is 6.05. The van der Waals surface area contributed by atoms with Gasteiger partial charge >= 0.3 is 0 Å². The number of hydrazone groups is 1. The summed E-state index contributed by atoms with van der Waals surface area (Å²) in [6.45, 7) is 2.00. The number of benzene rings is 3. The Morgan fingerprint density at radius 2 is 1.59 bits per heavy atom. The molecule has 0 bridgehead atoms. The number of fused-ring (bicyclic) bond motifs is 1. The second kappa shape index (κ2) is 7.90. The fraction of sp³-hybridized carbons (Fsp3) is 0.0435. The fourth-order valence-corrected chi connectivity index (χ4v) is 2.97. The van der Waals surface area contributed by atoms with Gasteiger partial charge in [0.25, 0.3) is 11.5 Å². The molecule has 0 saturated heterocycles. The smallest absolute Gasteiger partial charge is 0.267 e. The van der Waals surface area contributed by atoms with Crippen LogP contribution in [0.2, 0.25) is 0 Å². The highest BCUT2D eigenvalue weighted by atomic mass is 16.2. The first-order valence-electron chi connectivity index (χ1n) is 9.11. The van der Waals surface area contributed by atoms with Crippen LogP contribution in [0.5, 0.6) is 0 Å². The van der Waals surface area contributed by atoms with Crippen molar-refractivity contribution >= 4 is 22.9 Å². The van der Waals surface area contributed by atoms with Gasteiger partial charge < -0.3 is 0 Å². The summed E-state index contributed by atoms with van der Waals surface area (Å²) < 4.78 is 1.24. The third kappa shape index (κ3) is 3.82. The molecule has 4 rings (SSSR count). The van der Waals surface area contributed by atoms with Gasteiger partial charge in [-0.3, -0.25) is 9.59 Å². The van der Waals surface area contributed by atoms with E-state index in [0.29, 0.717) is 16.5 Å². The summed E-state index contributed by atoms with van der Waals surface area (Å²) in [5, 5.41) is 9.25. The largest absolute Gasteiger partial charge is 0.292 e. The third-order valence-corrected chi connectivity index (χ3v) is 4.48. The molecule has 6 heteroatoms. The highest BCUT2D eigenvalue weighted by Crippen LogP contribution is 2.15. The molecule has 142 valence electrons. The van der Waals surface area contributed by atoms with Crippen molar-refractivity contribution in [3.05, 3.63) is 106 Å². The van der Waals surface area contributed by atoms with E-state index in [1.807, 2.05) is 49.4 Å². The molecule has 0 spiro atoms. The second-order valence-electron chi connectivity index (χ2n) is 6.56. The Kier molecular flexibility index (Phi) is 4.99. The van der Waals surface area contributed by atoms with Gasteiger partial charge in [-0.05, 0) is 30.7 Å². The molecule has 1 heterocycles. The topological polar surface area (TPSA) is 76.3 Å². The Balaban J connectivity index is 1.72. The van der Waals surface area contributed by atoms with Crippen LogP contribution in [0.4, 0.5) is 0 Å². The lowest BCUT2D eigenvalue weighted by Crippen LogP contribution is -2.28. The zero-order chi connectivity index (χ0) is 20.2. The number of para-hydroxylation sites is 1. The van der Waals surface area contributed by atoms with Gasteiger partial charge in [-0.1, -0.05) is 66.2 Å². The molecule has 4 aromatic rings. The Labute approximate surface area is 167 Å². The van der Waals surface area contributed by atoms with Crippen molar-refractivity contribution in [3.8, 4) is 5.69 Å². The van der Waals surface area contributed by atoms with Gasteiger partial charge in [-0.15, -0.1) is 0 Å². The summed E-state index contributed by atoms with van der Waals surface area (Å²) >= 11 is 0. The van der Waals surface area contributed by atoms with Crippen molar-refractivity contribution in [3.63, 3.8) is 0 Å². The lowest BCUT2D eigenvalue weighted by atomic mass is 10.1. The summed E-state index contributed by atoms with van der Waals surface area (Å²) in [5.74, 6) is -0.491. The minimum Gasteiger partial charge on any atom is -0.267 e. The van der Waals surface area contributed by atoms with E-state index < -0.39 is 5.91 Å². The van der Waals surface area contributed by atoms with Gasteiger partial charge in [0, 0.05) is 5.39 Å². The fourth-order valence-electron chi connectivity index (χ4n) is 2.97. The first kappa shape index (κ1) is 18.3. The van der Waals surface area contributed by atoms with Gasteiger partial charge in [0.15, 0.2) is 5.69 Å². The number of nitrogens with one attached hydrogen (secondary N) is 1. The van der Waals surface area contributed by atoms with Crippen LogP contribution in [0.25, 0.3) is 16.5 Å². The third-order valence-electron chi connectivity index (χ3n) is 4.48. The number of carbonyl (C=O) groups excluding carboxylic acids is 1.